The zero-order valence-corrected chi connectivity index (χ0v) is 51.0. The van der Waals surface area contributed by atoms with Crippen molar-refractivity contribution in [1.82, 2.24) is 0 Å². The Kier molecular flexibility index (Phi) is 49.7. The van der Waals surface area contributed by atoms with E-state index in [0.717, 1.165) is 121 Å². The van der Waals surface area contributed by atoms with Gasteiger partial charge in [0.1, 0.15) is 19.3 Å². The van der Waals surface area contributed by atoms with E-state index in [1.54, 1.807) is 0 Å². The van der Waals surface area contributed by atoms with Crippen molar-refractivity contribution in [3.8, 4) is 0 Å². The highest BCUT2D eigenvalue weighted by atomic mass is 31.2. The number of carbonyl (C=O) groups is 4. The van der Waals surface area contributed by atoms with Crippen LogP contribution in [-0.4, -0.2) is 96.7 Å². The van der Waals surface area contributed by atoms with E-state index in [1.165, 1.54) is 77.0 Å². The maximum atomic E-state index is 12.9. The van der Waals surface area contributed by atoms with E-state index < -0.39 is 97.5 Å². The first kappa shape index (κ1) is 75.1. The van der Waals surface area contributed by atoms with E-state index in [4.69, 9.17) is 37.0 Å². The number of hydrogen-bond acceptors (Lipinski definition) is 15. The van der Waals surface area contributed by atoms with Crippen LogP contribution >= 0.6 is 15.6 Å². The highest BCUT2D eigenvalue weighted by Gasteiger charge is 2.30. The van der Waals surface area contributed by atoms with Crippen LogP contribution in [0.2, 0.25) is 0 Å². The zero-order chi connectivity index (χ0) is 57.3. The molecule has 0 heterocycles. The Morgan fingerprint density at radius 2 is 0.597 bits per heavy atom. The van der Waals surface area contributed by atoms with Gasteiger partial charge in [0.25, 0.3) is 0 Å². The van der Waals surface area contributed by atoms with Gasteiger partial charge >= 0.3 is 39.5 Å². The summed E-state index contributed by atoms with van der Waals surface area (Å²) in [6.45, 7) is 9.28. The fourth-order valence-corrected chi connectivity index (χ4v) is 10.0. The van der Waals surface area contributed by atoms with Crippen LogP contribution in [0.25, 0.3) is 0 Å². The maximum Gasteiger partial charge on any atom is 0.472 e. The van der Waals surface area contributed by atoms with Crippen molar-refractivity contribution in [2.45, 2.75) is 297 Å². The van der Waals surface area contributed by atoms with Gasteiger partial charge in [-0.3, -0.25) is 37.3 Å². The summed E-state index contributed by atoms with van der Waals surface area (Å²) in [5.41, 5.74) is 0. The molecule has 2 unspecified atom stereocenters. The van der Waals surface area contributed by atoms with Crippen molar-refractivity contribution in [1.29, 1.82) is 0 Å². The van der Waals surface area contributed by atoms with E-state index in [2.05, 4.69) is 41.5 Å². The van der Waals surface area contributed by atoms with Crippen molar-refractivity contribution in [2.75, 3.05) is 39.6 Å². The van der Waals surface area contributed by atoms with Crippen molar-refractivity contribution in [2.24, 2.45) is 11.8 Å². The second-order valence-electron chi connectivity index (χ2n) is 22.0. The van der Waals surface area contributed by atoms with Gasteiger partial charge in [-0.25, -0.2) is 9.13 Å². The Hall–Kier alpha value is -1.94. The molecular weight excluding hydrogens is 1030 g/mol. The van der Waals surface area contributed by atoms with Gasteiger partial charge in [0, 0.05) is 25.7 Å². The lowest BCUT2D eigenvalue weighted by Crippen LogP contribution is -2.30. The van der Waals surface area contributed by atoms with E-state index in [0.29, 0.717) is 25.7 Å². The van der Waals surface area contributed by atoms with Crippen molar-refractivity contribution in [3.05, 3.63) is 0 Å². The molecule has 0 bridgehead atoms. The number of aliphatic hydroxyl groups excluding tert-OH is 1. The Bertz CT molecular complexity index is 1530. The summed E-state index contributed by atoms with van der Waals surface area (Å²) < 4.78 is 67.4. The molecule has 0 aliphatic rings. The summed E-state index contributed by atoms with van der Waals surface area (Å²) in [6, 6.07) is 0. The first-order chi connectivity index (χ1) is 36.9. The summed E-state index contributed by atoms with van der Waals surface area (Å²) in [4.78, 5) is 71.6. The zero-order valence-electron chi connectivity index (χ0n) is 49.2. The van der Waals surface area contributed by atoms with Crippen molar-refractivity contribution < 1.29 is 80.2 Å². The van der Waals surface area contributed by atoms with E-state index in [9.17, 15) is 43.2 Å². The molecular formula is C58H112O17P2. The normalized spacial score (nSPS) is 14.5. The molecule has 0 rings (SSSR count). The van der Waals surface area contributed by atoms with Gasteiger partial charge in [-0.05, 0) is 37.5 Å². The lowest BCUT2D eigenvalue weighted by Gasteiger charge is -2.21. The van der Waals surface area contributed by atoms with E-state index >= 15 is 0 Å². The van der Waals surface area contributed by atoms with Gasteiger partial charge in [-0.2, -0.15) is 0 Å². The SMILES string of the molecule is CCCCCCCCCC(=O)O[C@H](COC(=O)CCCCCCC)COP(=O)(O)OC[C@H](O)COP(=O)(O)OC[C@@H](COC(=O)CCCCCCCCCCCC(C)C)OC(=O)CCCCCCCCCCCCC(C)C. The number of rotatable bonds is 57. The summed E-state index contributed by atoms with van der Waals surface area (Å²) in [5.74, 6) is -0.662. The second kappa shape index (κ2) is 51.0. The topological polar surface area (TPSA) is 237 Å². The summed E-state index contributed by atoms with van der Waals surface area (Å²) in [6.07, 6.45) is 31.2. The number of aliphatic hydroxyl groups is 1. The molecule has 3 N–H and O–H groups in total. The Morgan fingerprint density at radius 1 is 0.351 bits per heavy atom. The quantitative estimate of drug-likeness (QED) is 0.0222. The van der Waals surface area contributed by atoms with Gasteiger partial charge < -0.3 is 33.8 Å². The molecule has 456 valence electrons. The molecule has 0 saturated heterocycles. The van der Waals surface area contributed by atoms with Crippen LogP contribution < -0.4 is 0 Å². The Morgan fingerprint density at radius 3 is 0.883 bits per heavy atom. The molecule has 0 aliphatic heterocycles. The molecule has 0 aliphatic carbocycles. The van der Waals surface area contributed by atoms with Gasteiger partial charge in [-0.1, -0.05) is 228 Å². The van der Waals surface area contributed by atoms with Crippen LogP contribution in [0.4, 0.5) is 0 Å². The lowest BCUT2D eigenvalue weighted by atomic mass is 10.0. The Labute approximate surface area is 467 Å². The van der Waals surface area contributed by atoms with E-state index in [1.807, 2.05) is 0 Å². The van der Waals surface area contributed by atoms with Crippen LogP contribution in [0, 0.1) is 11.8 Å². The van der Waals surface area contributed by atoms with Crippen LogP contribution in [0.1, 0.15) is 279 Å². The predicted molar refractivity (Wildman–Crippen MR) is 303 cm³/mol. The third-order valence-corrected chi connectivity index (χ3v) is 15.1. The van der Waals surface area contributed by atoms with Gasteiger partial charge in [0.15, 0.2) is 12.2 Å². The molecule has 0 aromatic heterocycles. The number of unbranched alkanes of at least 4 members (excludes halogenated alkanes) is 27. The number of hydrogen-bond donors (Lipinski definition) is 3. The minimum absolute atomic E-state index is 0.102. The smallest absolute Gasteiger partial charge is 0.462 e. The summed E-state index contributed by atoms with van der Waals surface area (Å²) in [5, 5.41) is 10.5. The fraction of sp³-hybridized carbons (Fsp3) is 0.931. The fourth-order valence-electron chi connectivity index (χ4n) is 8.47. The Balaban J connectivity index is 5.17. The average Bonchev–Trinajstić information content (AvgIpc) is 3.38. The highest BCUT2D eigenvalue weighted by molar-refractivity contribution is 7.47. The molecule has 0 fully saturated rings. The van der Waals surface area contributed by atoms with Crippen molar-refractivity contribution >= 4 is 39.5 Å². The third-order valence-electron chi connectivity index (χ3n) is 13.2. The number of ether oxygens (including phenoxy) is 4. The molecule has 0 saturated carbocycles. The number of phosphoric acid groups is 2. The molecule has 0 aromatic rings. The highest BCUT2D eigenvalue weighted by Crippen LogP contribution is 2.45. The van der Waals surface area contributed by atoms with Crippen LogP contribution in [-0.2, 0) is 65.4 Å². The van der Waals surface area contributed by atoms with Gasteiger partial charge in [-0.15, -0.1) is 0 Å². The van der Waals surface area contributed by atoms with Crippen LogP contribution in [0.5, 0.6) is 0 Å². The van der Waals surface area contributed by atoms with E-state index in [-0.39, 0.29) is 25.7 Å². The summed E-state index contributed by atoms with van der Waals surface area (Å²) in [7, 11) is -9.86. The number of esters is 4. The standard InChI is InChI=1S/C58H112O17P2/c1-7-9-11-13-21-30-36-42-57(62)74-53(46-68-55(60)40-34-26-12-10-8-2)48-72-76(64,65)70-44-52(59)45-71-77(66,67)73-49-54(47-69-56(61)41-35-29-24-20-16-18-23-28-33-39-51(5)6)75-58(63)43-37-31-25-19-15-14-17-22-27-32-38-50(3)4/h50-54,59H,7-49H2,1-6H3,(H,64,65)(H,66,67)/t52-,53+,54+/m0/s1. The molecule has 19 heteroatoms. The predicted octanol–water partition coefficient (Wildman–Crippen LogP) is 15.3. The summed E-state index contributed by atoms with van der Waals surface area (Å²) >= 11 is 0. The molecule has 0 amide bonds. The van der Waals surface area contributed by atoms with Crippen molar-refractivity contribution in [3.63, 3.8) is 0 Å². The number of phosphoric ester groups is 2. The molecule has 0 radical (unpaired) electrons. The molecule has 17 nitrogen and oxygen atoms in total. The third kappa shape index (κ3) is 53.2. The number of carbonyl (C=O) groups excluding carboxylic acids is 4. The maximum absolute atomic E-state index is 12.9. The molecule has 0 spiro atoms. The van der Waals surface area contributed by atoms with Gasteiger partial charge in [0.2, 0.25) is 0 Å². The average molecular weight is 1140 g/mol. The molecule has 0 aromatic carbocycles. The van der Waals surface area contributed by atoms with Crippen LogP contribution in [0.3, 0.4) is 0 Å². The van der Waals surface area contributed by atoms with Crippen LogP contribution in [0.15, 0.2) is 0 Å². The first-order valence-corrected chi connectivity index (χ1v) is 33.5. The first-order valence-electron chi connectivity index (χ1n) is 30.5. The monoisotopic (exact) mass is 1140 g/mol. The second-order valence-corrected chi connectivity index (χ2v) is 24.9. The minimum Gasteiger partial charge on any atom is -0.462 e. The molecule has 5 atom stereocenters. The lowest BCUT2D eigenvalue weighted by molar-refractivity contribution is -0.161. The molecule has 77 heavy (non-hydrogen) atoms. The van der Waals surface area contributed by atoms with Gasteiger partial charge in [0.05, 0.1) is 26.4 Å². The largest absolute Gasteiger partial charge is 0.472 e. The minimum atomic E-state index is -4.94.